The zero-order valence-corrected chi connectivity index (χ0v) is 8.96. The number of aliphatic hydroxyl groups excluding tert-OH is 1. The van der Waals surface area contributed by atoms with Gasteiger partial charge in [0.15, 0.2) is 6.10 Å². The van der Waals surface area contributed by atoms with Gasteiger partial charge < -0.3 is 10.4 Å². The second-order valence-corrected chi connectivity index (χ2v) is 3.38. The minimum atomic E-state index is -4.78. The zero-order chi connectivity index (χ0) is 13.1. The number of carbonyl (C=O) groups is 1. The van der Waals surface area contributed by atoms with Crippen LogP contribution in [0.4, 0.5) is 13.2 Å². The molecule has 0 saturated carbocycles. The molecule has 9 heteroatoms. The molecule has 0 saturated heterocycles. The number of nitrogens with one attached hydrogen (secondary N) is 1. The number of hydrogen-bond donors (Lipinski definition) is 2. The van der Waals surface area contributed by atoms with Crippen molar-refractivity contribution in [2.75, 3.05) is 6.54 Å². The van der Waals surface area contributed by atoms with Crippen molar-refractivity contribution >= 4 is 17.5 Å². The summed E-state index contributed by atoms with van der Waals surface area (Å²) in [6, 6.07) is 0. The molecule has 0 radical (unpaired) electrons. The van der Waals surface area contributed by atoms with E-state index in [1.54, 1.807) is 0 Å². The molecule has 0 aliphatic rings. The summed E-state index contributed by atoms with van der Waals surface area (Å²) in [7, 11) is 0. The van der Waals surface area contributed by atoms with Crippen LogP contribution in [0.15, 0.2) is 12.4 Å². The number of aromatic nitrogens is 2. The Hall–Kier alpha value is -1.41. The predicted molar refractivity (Wildman–Crippen MR) is 51.4 cm³/mol. The van der Waals surface area contributed by atoms with Gasteiger partial charge in [-0.25, -0.2) is 4.98 Å². The summed E-state index contributed by atoms with van der Waals surface area (Å²) in [5, 5.41) is 10.4. The molecule has 1 amide bonds. The second kappa shape index (κ2) is 5.28. The Kier molecular flexibility index (Phi) is 4.24. The lowest BCUT2D eigenvalue weighted by Crippen LogP contribution is -2.40. The maximum Gasteiger partial charge on any atom is 0.416 e. The SMILES string of the molecule is O=C(NCC(O)C(F)(F)F)c1cncc(Cl)n1. The van der Waals surface area contributed by atoms with Gasteiger partial charge in [0.05, 0.1) is 18.9 Å². The lowest BCUT2D eigenvalue weighted by molar-refractivity contribution is -0.201. The number of hydrogen-bond acceptors (Lipinski definition) is 4. The smallest absolute Gasteiger partial charge is 0.382 e. The fourth-order valence-corrected chi connectivity index (χ4v) is 0.995. The maximum atomic E-state index is 11.9. The van der Waals surface area contributed by atoms with Crippen molar-refractivity contribution in [3.63, 3.8) is 0 Å². The standard InChI is InChI=1S/C8H7ClF3N3O2/c9-6-3-13-1-4(15-6)7(17)14-2-5(16)8(10,11)12/h1,3,5,16H,2H2,(H,14,17). The second-order valence-electron chi connectivity index (χ2n) is 2.99. The van der Waals surface area contributed by atoms with E-state index in [1.807, 2.05) is 5.32 Å². The van der Waals surface area contributed by atoms with Crippen LogP contribution in [0, 0.1) is 0 Å². The molecule has 1 heterocycles. The van der Waals surface area contributed by atoms with E-state index in [2.05, 4.69) is 9.97 Å². The first-order valence-corrected chi connectivity index (χ1v) is 4.69. The average molecular weight is 270 g/mol. The zero-order valence-electron chi connectivity index (χ0n) is 8.20. The molecule has 0 bridgehead atoms. The van der Waals surface area contributed by atoms with E-state index in [4.69, 9.17) is 16.7 Å². The number of aliphatic hydroxyl groups is 1. The van der Waals surface area contributed by atoms with Gasteiger partial charge >= 0.3 is 6.18 Å². The van der Waals surface area contributed by atoms with E-state index < -0.39 is 24.7 Å². The molecule has 1 atom stereocenters. The van der Waals surface area contributed by atoms with E-state index in [9.17, 15) is 18.0 Å². The minimum Gasteiger partial charge on any atom is -0.382 e. The number of amides is 1. The highest BCUT2D eigenvalue weighted by atomic mass is 35.5. The molecule has 0 aliphatic heterocycles. The maximum absolute atomic E-state index is 11.9. The van der Waals surface area contributed by atoms with Gasteiger partial charge in [0.2, 0.25) is 0 Å². The highest BCUT2D eigenvalue weighted by Crippen LogP contribution is 2.19. The third-order valence-electron chi connectivity index (χ3n) is 1.67. The van der Waals surface area contributed by atoms with Crippen molar-refractivity contribution in [1.29, 1.82) is 0 Å². The van der Waals surface area contributed by atoms with Crippen LogP contribution < -0.4 is 5.32 Å². The first kappa shape index (κ1) is 13.7. The van der Waals surface area contributed by atoms with Crippen molar-refractivity contribution in [3.05, 3.63) is 23.2 Å². The molecule has 1 aromatic heterocycles. The Bertz CT molecular complexity index is 413. The van der Waals surface area contributed by atoms with Crippen molar-refractivity contribution < 1.29 is 23.1 Å². The summed E-state index contributed by atoms with van der Waals surface area (Å²) in [6.45, 7) is -0.962. The predicted octanol–water partition coefficient (Wildman–Crippen LogP) is 0.783. The highest BCUT2D eigenvalue weighted by Gasteiger charge is 2.38. The van der Waals surface area contributed by atoms with Crippen LogP contribution >= 0.6 is 11.6 Å². The molecule has 5 nitrogen and oxygen atoms in total. The van der Waals surface area contributed by atoms with Gasteiger partial charge in [0.1, 0.15) is 10.8 Å². The molecule has 2 N–H and O–H groups in total. The number of rotatable bonds is 3. The molecule has 0 fully saturated rings. The van der Waals surface area contributed by atoms with Crippen LogP contribution in [0.5, 0.6) is 0 Å². The van der Waals surface area contributed by atoms with E-state index >= 15 is 0 Å². The number of nitrogens with zero attached hydrogens (tertiary/aromatic N) is 2. The Balaban J connectivity index is 2.57. The van der Waals surface area contributed by atoms with Gasteiger partial charge in [-0.3, -0.25) is 9.78 Å². The lowest BCUT2D eigenvalue weighted by Gasteiger charge is -2.14. The van der Waals surface area contributed by atoms with Gasteiger partial charge in [0.25, 0.3) is 5.91 Å². The molecule has 0 aliphatic carbocycles. The summed E-state index contributed by atoms with van der Waals surface area (Å²) in [5.74, 6) is -0.900. The summed E-state index contributed by atoms with van der Waals surface area (Å²) >= 11 is 5.44. The lowest BCUT2D eigenvalue weighted by atomic mass is 10.3. The molecule has 1 rings (SSSR count). The summed E-state index contributed by atoms with van der Waals surface area (Å²) in [5.41, 5.74) is -0.230. The van der Waals surface area contributed by atoms with Crippen LogP contribution in [0.3, 0.4) is 0 Å². The Labute approximate surface area is 98.6 Å². The van der Waals surface area contributed by atoms with Crippen LogP contribution in [0.25, 0.3) is 0 Å². The van der Waals surface area contributed by atoms with E-state index in [-0.39, 0.29) is 10.8 Å². The number of alkyl halides is 3. The molecule has 94 valence electrons. The van der Waals surface area contributed by atoms with Crippen LogP contribution in [-0.4, -0.2) is 39.8 Å². The molecular weight excluding hydrogens is 263 g/mol. The Morgan fingerprint density at radius 2 is 2.18 bits per heavy atom. The van der Waals surface area contributed by atoms with Crippen molar-refractivity contribution in [1.82, 2.24) is 15.3 Å². The average Bonchev–Trinajstić information content (AvgIpc) is 2.24. The summed E-state index contributed by atoms with van der Waals surface area (Å²) in [6.07, 6.45) is -5.20. The first-order valence-electron chi connectivity index (χ1n) is 4.31. The van der Waals surface area contributed by atoms with E-state index in [1.165, 1.54) is 6.20 Å². The Morgan fingerprint density at radius 3 is 2.71 bits per heavy atom. The largest absolute Gasteiger partial charge is 0.416 e. The monoisotopic (exact) mass is 269 g/mol. The highest BCUT2D eigenvalue weighted by molar-refractivity contribution is 6.29. The summed E-state index contributed by atoms with van der Waals surface area (Å²) in [4.78, 5) is 18.4. The minimum absolute atomic E-state index is 0.0611. The van der Waals surface area contributed by atoms with Gasteiger partial charge in [-0.15, -0.1) is 0 Å². The van der Waals surface area contributed by atoms with Gasteiger partial charge in [-0.2, -0.15) is 13.2 Å². The molecule has 0 aromatic carbocycles. The molecule has 0 spiro atoms. The van der Waals surface area contributed by atoms with Crippen molar-refractivity contribution in [2.45, 2.75) is 12.3 Å². The van der Waals surface area contributed by atoms with Crippen molar-refractivity contribution in [2.24, 2.45) is 0 Å². The van der Waals surface area contributed by atoms with E-state index in [0.29, 0.717) is 0 Å². The quantitative estimate of drug-likeness (QED) is 0.850. The fourth-order valence-electron chi connectivity index (χ4n) is 0.847. The normalized spacial score (nSPS) is 13.2. The molecular formula is C8H7ClF3N3O2. The van der Waals surface area contributed by atoms with Crippen LogP contribution in [0.1, 0.15) is 10.5 Å². The third kappa shape index (κ3) is 4.16. The third-order valence-corrected chi connectivity index (χ3v) is 1.85. The van der Waals surface area contributed by atoms with Gasteiger partial charge in [-0.1, -0.05) is 11.6 Å². The molecule has 17 heavy (non-hydrogen) atoms. The van der Waals surface area contributed by atoms with Gasteiger partial charge in [0, 0.05) is 0 Å². The fraction of sp³-hybridized carbons (Fsp3) is 0.375. The Morgan fingerprint density at radius 1 is 1.53 bits per heavy atom. The molecule has 1 unspecified atom stereocenters. The first-order chi connectivity index (χ1) is 7.80. The summed E-state index contributed by atoms with van der Waals surface area (Å²) < 4.78 is 35.7. The van der Waals surface area contributed by atoms with Crippen molar-refractivity contribution in [3.8, 4) is 0 Å². The number of carbonyl (C=O) groups excluding carboxylic acids is 1. The van der Waals surface area contributed by atoms with Crippen LogP contribution in [0.2, 0.25) is 5.15 Å². The number of halogens is 4. The topological polar surface area (TPSA) is 75.1 Å². The van der Waals surface area contributed by atoms with Gasteiger partial charge in [-0.05, 0) is 0 Å². The van der Waals surface area contributed by atoms with E-state index in [0.717, 1.165) is 6.20 Å². The molecule has 1 aromatic rings. The van der Waals surface area contributed by atoms with Crippen LogP contribution in [-0.2, 0) is 0 Å².